The molecule has 1 saturated heterocycles. The molecule has 0 radical (unpaired) electrons. The lowest BCUT2D eigenvalue weighted by molar-refractivity contribution is 0.942. The first-order valence-electron chi connectivity index (χ1n) is 1.91. The Kier molecular flexibility index (Phi) is 1.03. The van der Waals surface area contributed by atoms with E-state index in [0.717, 1.165) is 0 Å². The van der Waals surface area contributed by atoms with Crippen molar-refractivity contribution in [1.29, 1.82) is 0 Å². The summed E-state index contributed by atoms with van der Waals surface area (Å²) >= 11 is 0. The van der Waals surface area contributed by atoms with Gasteiger partial charge in [0.05, 0.1) is 0 Å². The summed E-state index contributed by atoms with van der Waals surface area (Å²) in [5.74, 6) is 0. The Morgan fingerprint density at radius 2 is 1.80 bits per heavy atom. The van der Waals surface area contributed by atoms with E-state index in [1.807, 2.05) is 0 Å². The highest BCUT2D eigenvalue weighted by atomic mass is 28.2. The maximum Gasteiger partial charge on any atom is 0.167 e. The first-order valence-corrected chi connectivity index (χ1v) is 3.33. The van der Waals surface area contributed by atoms with Crippen molar-refractivity contribution in [3.63, 3.8) is 0 Å². The zero-order valence-corrected chi connectivity index (χ0v) is 4.54. The SMILES string of the molecule is C1CN[SiH2]N1. The molecule has 2 nitrogen and oxygen atoms in total. The minimum Gasteiger partial charge on any atom is -0.329 e. The quantitative estimate of drug-likeness (QED) is 0.341. The van der Waals surface area contributed by atoms with Gasteiger partial charge in [0.15, 0.2) is 9.84 Å². The average molecular weight is 88.2 g/mol. The Morgan fingerprint density at radius 1 is 1.20 bits per heavy atom. The lowest BCUT2D eigenvalue weighted by atomic mass is 10.7. The molecule has 0 spiro atoms. The van der Waals surface area contributed by atoms with Gasteiger partial charge in [0, 0.05) is 13.1 Å². The van der Waals surface area contributed by atoms with Crippen molar-refractivity contribution >= 4 is 9.84 Å². The highest BCUT2D eigenvalue weighted by Gasteiger charge is 1.92. The molecule has 1 fully saturated rings. The Labute approximate surface area is 33.9 Å². The molecule has 1 aliphatic rings. The van der Waals surface area contributed by atoms with Crippen molar-refractivity contribution in [2.24, 2.45) is 0 Å². The number of hydrogen-bond donors (Lipinski definition) is 2. The summed E-state index contributed by atoms with van der Waals surface area (Å²) in [5.41, 5.74) is 0. The highest BCUT2D eigenvalue weighted by molar-refractivity contribution is 6.29. The van der Waals surface area contributed by atoms with Crippen molar-refractivity contribution in [1.82, 2.24) is 9.96 Å². The molecular weight excluding hydrogens is 80.1 g/mol. The fourth-order valence-corrected chi connectivity index (χ4v) is 1.33. The van der Waals surface area contributed by atoms with Gasteiger partial charge in [-0.25, -0.2) is 0 Å². The molecule has 0 amide bonds. The minimum atomic E-state index is 0.0432. The molecule has 1 rings (SSSR count). The monoisotopic (exact) mass is 88.0 g/mol. The second-order valence-electron chi connectivity index (χ2n) is 1.18. The second kappa shape index (κ2) is 1.54. The van der Waals surface area contributed by atoms with E-state index in [1.54, 1.807) is 0 Å². The molecular formula is C2H8N2Si. The molecule has 3 heteroatoms. The van der Waals surface area contributed by atoms with E-state index in [9.17, 15) is 0 Å². The van der Waals surface area contributed by atoms with Crippen LogP contribution < -0.4 is 9.96 Å². The molecule has 0 unspecified atom stereocenters. The Balaban J connectivity index is 2.08. The summed E-state index contributed by atoms with van der Waals surface area (Å²) in [6.07, 6.45) is 0. The van der Waals surface area contributed by atoms with Crippen molar-refractivity contribution in [3.05, 3.63) is 0 Å². The third-order valence-electron chi connectivity index (χ3n) is 0.729. The van der Waals surface area contributed by atoms with Gasteiger partial charge < -0.3 is 9.96 Å². The van der Waals surface area contributed by atoms with E-state index in [-0.39, 0.29) is 9.84 Å². The number of nitrogens with one attached hydrogen (secondary N) is 2. The molecule has 1 heterocycles. The van der Waals surface area contributed by atoms with E-state index in [0.29, 0.717) is 0 Å². The average Bonchev–Trinajstić information content (AvgIpc) is 1.76. The van der Waals surface area contributed by atoms with E-state index in [2.05, 4.69) is 9.96 Å². The molecule has 0 aromatic carbocycles. The van der Waals surface area contributed by atoms with Gasteiger partial charge in [0.1, 0.15) is 0 Å². The Hall–Kier alpha value is 0.137. The van der Waals surface area contributed by atoms with Crippen molar-refractivity contribution < 1.29 is 0 Å². The third kappa shape index (κ3) is 0.716. The lowest BCUT2D eigenvalue weighted by Crippen LogP contribution is -2.17. The molecule has 0 aliphatic carbocycles. The molecule has 5 heavy (non-hydrogen) atoms. The van der Waals surface area contributed by atoms with Crippen LogP contribution in [0.25, 0.3) is 0 Å². The Morgan fingerprint density at radius 3 is 2.00 bits per heavy atom. The predicted octanol–water partition coefficient (Wildman–Crippen LogP) is -1.82. The maximum atomic E-state index is 3.25. The normalized spacial score (nSPS) is 24.0. The fraction of sp³-hybridized carbons (Fsp3) is 1.00. The summed E-state index contributed by atoms with van der Waals surface area (Å²) in [6.45, 7) is 2.40. The molecule has 0 aromatic heterocycles. The van der Waals surface area contributed by atoms with Crippen LogP contribution in [0, 0.1) is 0 Å². The van der Waals surface area contributed by atoms with Gasteiger partial charge in [-0.05, 0) is 0 Å². The van der Waals surface area contributed by atoms with E-state index < -0.39 is 0 Å². The first-order chi connectivity index (χ1) is 2.50. The summed E-state index contributed by atoms with van der Waals surface area (Å²) in [5, 5.41) is 0. The fourth-order valence-electron chi connectivity index (χ4n) is 0.442. The van der Waals surface area contributed by atoms with Crippen LogP contribution in [-0.2, 0) is 0 Å². The summed E-state index contributed by atoms with van der Waals surface area (Å²) < 4.78 is 0. The van der Waals surface area contributed by atoms with Crippen LogP contribution in [0.4, 0.5) is 0 Å². The Bertz CT molecular complexity index is 19.2. The van der Waals surface area contributed by atoms with Crippen LogP contribution in [-0.4, -0.2) is 22.9 Å². The van der Waals surface area contributed by atoms with Gasteiger partial charge in [-0.3, -0.25) is 0 Å². The molecule has 0 saturated carbocycles. The molecule has 0 aromatic rings. The summed E-state index contributed by atoms with van der Waals surface area (Å²) in [7, 11) is 0.0432. The number of rotatable bonds is 0. The van der Waals surface area contributed by atoms with Crippen molar-refractivity contribution in [2.75, 3.05) is 13.1 Å². The van der Waals surface area contributed by atoms with E-state index >= 15 is 0 Å². The van der Waals surface area contributed by atoms with Gasteiger partial charge in [0.25, 0.3) is 0 Å². The topological polar surface area (TPSA) is 24.1 Å². The molecule has 1 aliphatic heterocycles. The van der Waals surface area contributed by atoms with Gasteiger partial charge in [-0.2, -0.15) is 0 Å². The van der Waals surface area contributed by atoms with Crippen LogP contribution in [0.1, 0.15) is 0 Å². The van der Waals surface area contributed by atoms with Crippen LogP contribution in [0.5, 0.6) is 0 Å². The van der Waals surface area contributed by atoms with Crippen LogP contribution in [0.15, 0.2) is 0 Å². The van der Waals surface area contributed by atoms with E-state index in [1.165, 1.54) is 13.1 Å². The third-order valence-corrected chi connectivity index (χ3v) is 1.94. The van der Waals surface area contributed by atoms with Crippen molar-refractivity contribution in [2.45, 2.75) is 0 Å². The minimum absolute atomic E-state index is 0.0432. The smallest absolute Gasteiger partial charge is 0.167 e. The largest absolute Gasteiger partial charge is 0.329 e. The highest BCUT2D eigenvalue weighted by Crippen LogP contribution is 1.58. The van der Waals surface area contributed by atoms with Crippen LogP contribution in [0.2, 0.25) is 0 Å². The predicted molar refractivity (Wildman–Crippen MR) is 24.5 cm³/mol. The first kappa shape index (κ1) is 3.33. The van der Waals surface area contributed by atoms with Crippen molar-refractivity contribution in [3.8, 4) is 0 Å². The van der Waals surface area contributed by atoms with E-state index in [4.69, 9.17) is 0 Å². The van der Waals surface area contributed by atoms with Gasteiger partial charge >= 0.3 is 0 Å². The maximum absolute atomic E-state index is 3.25. The lowest BCUT2D eigenvalue weighted by Gasteiger charge is -1.74. The molecule has 0 bridgehead atoms. The van der Waals surface area contributed by atoms with Gasteiger partial charge in [0.2, 0.25) is 0 Å². The zero-order chi connectivity index (χ0) is 3.54. The van der Waals surface area contributed by atoms with Gasteiger partial charge in [-0.15, -0.1) is 0 Å². The van der Waals surface area contributed by atoms with Crippen LogP contribution in [0.3, 0.4) is 0 Å². The molecule has 0 atom stereocenters. The summed E-state index contributed by atoms with van der Waals surface area (Å²) in [4.78, 5) is 6.50. The van der Waals surface area contributed by atoms with Crippen LogP contribution >= 0.6 is 0 Å². The standard InChI is InChI=1S/C2H8N2Si/c1-2-4-5-3-1/h3-4H,1-2,5H2. The summed E-state index contributed by atoms with van der Waals surface area (Å²) in [6, 6.07) is 0. The van der Waals surface area contributed by atoms with Gasteiger partial charge in [-0.1, -0.05) is 0 Å². The molecule has 2 N–H and O–H groups in total. The second-order valence-corrected chi connectivity index (χ2v) is 2.53. The zero-order valence-electron chi connectivity index (χ0n) is 3.12. The number of hydrogen-bond acceptors (Lipinski definition) is 2. The molecule has 30 valence electrons.